The Bertz CT molecular complexity index is 977. The maximum atomic E-state index is 13.2. The lowest BCUT2D eigenvalue weighted by molar-refractivity contribution is -0.144. The van der Waals surface area contributed by atoms with E-state index in [9.17, 15) is 9.59 Å². The van der Waals surface area contributed by atoms with Crippen LogP contribution in [0.3, 0.4) is 0 Å². The predicted octanol–water partition coefficient (Wildman–Crippen LogP) is -0.0774. The summed E-state index contributed by atoms with van der Waals surface area (Å²) >= 11 is 0. The summed E-state index contributed by atoms with van der Waals surface area (Å²) in [6, 6.07) is 11.4. The first-order valence-electron chi connectivity index (χ1n) is 9.75. The Kier molecular flexibility index (Phi) is 6.11. The SMILES string of the molecule is Bc1ccc(N2CC(C(=O)c3cc(B)ccc3OC(C)C(=O)O)C=N2)c(CC)c1. The van der Waals surface area contributed by atoms with Gasteiger partial charge in [0.1, 0.15) is 21.4 Å². The van der Waals surface area contributed by atoms with Crippen LogP contribution in [0.1, 0.15) is 29.8 Å². The molecule has 0 radical (unpaired) electrons. The molecule has 3 rings (SSSR count). The molecule has 0 amide bonds. The van der Waals surface area contributed by atoms with E-state index in [-0.39, 0.29) is 11.5 Å². The summed E-state index contributed by atoms with van der Waals surface area (Å²) in [5, 5.41) is 15.5. The third-order valence-corrected chi connectivity index (χ3v) is 5.04. The lowest BCUT2D eigenvalue weighted by atomic mass is 9.90. The second-order valence-electron chi connectivity index (χ2n) is 7.40. The van der Waals surface area contributed by atoms with Gasteiger partial charge < -0.3 is 9.84 Å². The zero-order valence-electron chi connectivity index (χ0n) is 17.2. The van der Waals surface area contributed by atoms with Gasteiger partial charge in [0.2, 0.25) is 0 Å². The van der Waals surface area contributed by atoms with E-state index in [1.165, 1.54) is 17.9 Å². The molecule has 2 aromatic rings. The minimum absolute atomic E-state index is 0.127. The topological polar surface area (TPSA) is 79.2 Å². The highest BCUT2D eigenvalue weighted by Crippen LogP contribution is 2.28. The van der Waals surface area contributed by atoms with Crippen LogP contribution >= 0.6 is 0 Å². The maximum absolute atomic E-state index is 13.2. The second kappa shape index (κ2) is 8.55. The van der Waals surface area contributed by atoms with Crippen molar-refractivity contribution < 1.29 is 19.4 Å². The number of hydrazone groups is 1. The van der Waals surface area contributed by atoms with Crippen molar-refractivity contribution in [3.63, 3.8) is 0 Å². The molecular formula is C21H24B2N2O4. The summed E-state index contributed by atoms with van der Waals surface area (Å²) in [6.45, 7) is 3.98. The van der Waals surface area contributed by atoms with E-state index in [1.54, 1.807) is 24.4 Å². The molecule has 0 saturated carbocycles. The minimum Gasteiger partial charge on any atom is -0.479 e. The van der Waals surface area contributed by atoms with Crippen molar-refractivity contribution in [1.82, 2.24) is 0 Å². The van der Waals surface area contributed by atoms with Crippen LogP contribution in [0, 0.1) is 5.92 Å². The van der Waals surface area contributed by atoms with Gasteiger partial charge in [-0.3, -0.25) is 9.80 Å². The molecule has 1 aliphatic rings. The van der Waals surface area contributed by atoms with Crippen molar-refractivity contribution >= 4 is 50.3 Å². The highest BCUT2D eigenvalue weighted by Gasteiger charge is 2.29. The van der Waals surface area contributed by atoms with E-state index in [2.05, 4.69) is 25.9 Å². The van der Waals surface area contributed by atoms with Gasteiger partial charge in [0.25, 0.3) is 0 Å². The van der Waals surface area contributed by atoms with Gasteiger partial charge >= 0.3 is 5.97 Å². The normalized spacial score (nSPS) is 16.6. The van der Waals surface area contributed by atoms with Crippen LogP contribution in [0.25, 0.3) is 0 Å². The number of nitrogens with zero attached hydrogens (tertiary/aromatic N) is 2. The quantitative estimate of drug-likeness (QED) is 0.529. The highest BCUT2D eigenvalue weighted by molar-refractivity contribution is 6.33. The van der Waals surface area contributed by atoms with E-state index in [0.29, 0.717) is 12.1 Å². The van der Waals surface area contributed by atoms with Crippen LogP contribution in [0.5, 0.6) is 5.75 Å². The Morgan fingerprint density at radius 3 is 2.62 bits per heavy atom. The number of anilines is 1. The number of carbonyl (C=O) groups excluding carboxylic acids is 1. The van der Waals surface area contributed by atoms with Gasteiger partial charge in [0.05, 0.1) is 23.7 Å². The first-order valence-corrected chi connectivity index (χ1v) is 9.75. The fourth-order valence-corrected chi connectivity index (χ4v) is 3.38. The van der Waals surface area contributed by atoms with Crippen molar-refractivity contribution in [1.29, 1.82) is 0 Å². The molecule has 0 fully saturated rings. The van der Waals surface area contributed by atoms with Crippen molar-refractivity contribution in [2.75, 3.05) is 11.6 Å². The molecule has 29 heavy (non-hydrogen) atoms. The van der Waals surface area contributed by atoms with Crippen LogP contribution in [0.2, 0.25) is 0 Å². The number of carboxylic acids is 1. The Hall–Kier alpha value is -3.02. The predicted molar refractivity (Wildman–Crippen MR) is 120 cm³/mol. The largest absolute Gasteiger partial charge is 0.479 e. The van der Waals surface area contributed by atoms with Crippen LogP contribution in [-0.2, 0) is 11.2 Å². The van der Waals surface area contributed by atoms with Gasteiger partial charge in [-0.1, -0.05) is 42.1 Å². The minimum atomic E-state index is -1.08. The van der Waals surface area contributed by atoms with E-state index >= 15 is 0 Å². The summed E-state index contributed by atoms with van der Waals surface area (Å²) in [4.78, 5) is 24.4. The van der Waals surface area contributed by atoms with Crippen molar-refractivity contribution in [3.8, 4) is 5.75 Å². The van der Waals surface area contributed by atoms with Gasteiger partial charge in [-0.15, -0.1) is 0 Å². The molecule has 0 aliphatic carbocycles. The lowest BCUT2D eigenvalue weighted by Crippen LogP contribution is -2.28. The van der Waals surface area contributed by atoms with E-state index in [1.807, 2.05) is 25.0 Å². The summed E-state index contributed by atoms with van der Waals surface area (Å²) in [5.74, 6) is -1.35. The standard InChI is InChI=1S/C21H24B2N2O4/c1-3-13-8-15(22)4-6-18(13)25-11-14(10-24-25)20(26)17-9-16(23)5-7-19(17)29-12(2)21(27)28/h4-10,12,14H,3,11,22-23H2,1-2H3,(H,27,28). The third-order valence-electron chi connectivity index (χ3n) is 5.04. The number of carbonyl (C=O) groups is 2. The number of hydrogen-bond acceptors (Lipinski definition) is 5. The smallest absolute Gasteiger partial charge is 0.344 e. The van der Waals surface area contributed by atoms with Crippen molar-refractivity contribution in [3.05, 3.63) is 47.5 Å². The van der Waals surface area contributed by atoms with Crippen molar-refractivity contribution in [2.45, 2.75) is 26.4 Å². The average Bonchev–Trinajstić information content (AvgIpc) is 3.18. The van der Waals surface area contributed by atoms with Crippen molar-refractivity contribution in [2.24, 2.45) is 11.0 Å². The molecule has 148 valence electrons. The van der Waals surface area contributed by atoms with Crippen LogP contribution in [0.15, 0.2) is 41.5 Å². The average molecular weight is 390 g/mol. The summed E-state index contributed by atoms with van der Waals surface area (Å²) in [7, 11) is 3.94. The van der Waals surface area contributed by atoms with Gasteiger partial charge in [-0.2, -0.15) is 5.10 Å². The lowest BCUT2D eigenvalue weighted by Gasteiger charge is -2.20. The molecule has 0 saturated heterocycles. The monoisotopic (exact) mass is 390 g/mol. The van der Waals surface area contributed by atoms with Crippen LogP contribution in [-0.4, -0.2) is 51.4 Å². The van der Waals surface area contributed by atoms with Crippen LogP contribution < -0.4 is 20.7 Å². The first kappa shape index (κ1) is 20.7. The van der Waals surface area contributed by atoms with Gasteiger partial charge in [-0.05, 0) is 31.0 Å². The number of carboxylic acid groups (broad SMARTS) is 1. The highest BCUT2D eigenvalue weighted by atomic mass is 16.5. The van der Waals surface area contributed by atoms with E-state index < -0.39 is 18.0 Å². The molecule has 6 nitrogen and oxygen atoms in total. The zero-order chi connectivity index (χ0) is 21.1. The molecule has 8 heteroatoms. The molecule has 0 spiro atoms. The second-order valence-corrected chi connectivity index (χ2v) is 7.40. The third kappa shape index (κ3) is 4.53. The number of aliphatic carboxylic acids is 1. The fraction of sp³-hybridized carbons (Fsp3) is 0.286. The molecule has 1 N–H and O–H groups in total. The van der Waals surface area contributed by atoms with Crippen LogP contribution in [0.4, 0.5) is 5.69 Å². The van der Waals surface area contributed by atoms with Gasteiger partial charge in [-0.25, -0.2) is 4.79 Å². The Labute approximate surface area is 172 Å². The number of hydrogen-bond donors (Lipinski definition) is 1. The number of aryl methyl sites for hydroxylation is 1. The molecule has 0 aromatic heterocycles. The molecule has 1 heterocycles. The summed E-state index contributed by atoms with van der Waals surface area (Å²) in [6.07, 6.45) is 1.50. The number of rotatable bonds is 7. The molecule has 2 unspecified atom stereocenters. The number of ketones is 1. The van der Waals surface area contributed by atoms with E-state index in [4.69, 9.17) is 9.84 Å². The Morgan fingerprint density at radius 2 is 1.93 bits per heavy atom. The summed E-state index contributed by atoms with van der Waals surface area (Å²) < 4.78 is 5.53. The Balaban J connectivity index is 1.83. The number of benzene rings is 2. The molecule has 1 aliphatic heterocycles. The van der Waals surface area contributed by atoms with E-state index in [0.717, 1.165) is 17.6 Å². The maximum Gasteiger partial charge on any atom is 0.344 e. The fourth-order valence-electron chi connectivity index (χ4n) is 3.38. The Morgan fingerprint density at radius 1 is 1.24 bits per heavy atom. The summed E-state index contributed by atoms with van der Waals surface area (Å²) in [5.41, 5.74) is 4.67. The molecule has 2 atom stereocenters. The number of Topliss-reactive ketones (excluding diaryl/α,β-unsaturated/α-hetero) is 1. The molecule has 2 aromatic carbocycles. The molecular weight excluding hydrogens is 366 g/mol. The molecule has 0 bridgehead atoms. The van der Waals surface area contributed by atoms with Gasteiger partial charge in [0.15, 0.2) is 11.9 Å². The first-order chi connectivity index (χ1) is 13.8. The number of ether oxygens (including phenoxy) is 1. The zero-order valence-corrected chi connectivity index (χ0v) is 17.2. The van der Waals surface area contributed by atoms with Gasteiger partial charge in [0, 0.05) is 6.21 Å².